The molecule has 454 valence electrons. The van der Waals surface area contributed by atoms with E-state index in [1.807, 2.05) is 0 Å². The van der Waals surface area contributed by atoms with Crippen LogP contribution in [0.5, 0.6) is 5.75 Å². The molecule has 2 rings (SSSR count). The molecule has 0 spiro atoms. The summed E-state index contributed by atoms with van der Waals surface area (Å²) < 4.78 is 0. The number of amides is 11. The van der Waals surface area contributed by atoms with Crippen molar-refractivity contribution in [3.63, 3.8) is 0 Å². The topological polar surface area (TPSA) is 538 Å². The van der Waals surface area contributed by atoms with Crippen molar-refractivity contribution in [1.82, 2.24) is 57.8 Å². The van der Waals surface area contributed by atoms with Crippen LogP contribution in [0.3, 0.4) is 0 Å². The number of benzene rings is 1. The predicted molar refractivity (Wildman–Crippen MR) is 288 cm³/mol. The zero-order valence-electron chi connectivity index (χ0n) is 45.6. The van der Waals surface area contributed by atoms with Crippen molar-refractivity contribution in [3.8, 4) is 5.75 Å². The van der Waals surface area contributed by atoms with Crippen LogP contribution in [0.2, 0.25) is 0 Å². The number of primary amides is 2. The molecular weight excluding hydrogens is 1100 g/mol. The first-order chi connectivity index (χ1) is 38.5. The number of carboxylic acid groups (broad SMARTS) is 2. The van der Waals surface area contributed by atoms with Crippen LogP contribution < -0.4 is 65.1 Å². The van der Waals surface area contributed by atoms with E-state index in [0.717, 1.165) is 6.92 Å². The molecule has 1 aromatic heterocycles. The molecule has 33 heteroatoms. The Kier molecular flexibility index (Phi) is 29.4. The van der Waals surface area contributed by atoms with Gasteiger partial charge in [0.05, 0.1) is 37.9 Å². The largest absolute Gasteiger partial charge is 0.508 e. The molecule has 0 aliphatic rings. The fourth-order valence-corrected chi connectivity index (χ4v) is 7.95. The van der Waals surface area contributed by atoms with E-state index >= 15 is 0 Å². The lowest BCUT2D eigenvalue weighted by atomic mass is 10.0. The normalized spacial score (nSPS) is 15.1. The molecule has 11 amide bonds. The zero-order chi connectivity index (χ0) is 62.0. The number of aliphatic carboxylic acids is 2. The molecule has 0 radical (unpaired) electrons. The second-order valence-corrected chi connectivity index (χ2v) is 20.3. The molecular formula is C49H74N14O18S. The minimum atomic E-state index is -2.01. The number of imidazole rings is 1. The highest BCUT2D eigenvalue weighted by molar-refractivity contribution is 7.98. The van der Waals surface area contributed by atoms with Crippen LogP contribution in [-0.4, -0.2) is 198 Å². The number of carbonyl (C=O) groups excluding carboxylic acids is 11. The van der Waals surface area contributed by atoms with Crippen LogP contribution in [0.1, 0.15) is 77.5 Å². The fourth-order valence-electron chi connectivity index (χ4n) is 7.48. The second-order valence-electron chi connectivity index (χ2n) is 19.3. The van der Waals surface area contributed by atoms with Crippen LogP contribution in [0, 0.1) is 5.92 Å². The number of nitrogens with one attached hydrogen (secondary N) is 10. The summed E-state index contributed by atoms with van der Waals surface area (Å²) in [5, 5.41) is 70.8. The number of aromatic hydroxyl groups is 1. The van der Waals surface area contributed by atoms with E-state index in [0.29, 0.717) is 11.3 Å². The van der Waals surface area contributed by atoms with Gasteiger partial charge in [0.15, 0.2) is 0 Å². The molecule has 0 aliphatic heterocycles. The molecule has 0 saturated carbocycles. The SMILES string of the molecule is CSCC[C@H](NC(=O)[C@H](CC(=O)O)NC(=O)[C@@H](NC(=O)[C@H](CC(C)C)NC(=O)[C@H](CC(N)=O)NC(=O)[C@H](CO)NC(=O)[C@H](C)NC(=O)[C@@H](N)CCC(N)=O)[C@@H](C)O)C(=O)N[C@@H](Cc1cnc[nH]1)C(=O)N[C@@H](Cc1ccc(O)cc1)C(=O)O. The van der Waals surface area contributed by atoms with Crippen LogP contribution >= 0.6 is 11.8 Å². The third kappa shape index (κ3) is 24.9. The third-order valence-electron chi connectivity index (χ3n) is 11.9. The molecule has 32 nitrogen and oxygen atoms in total. The maximum absolute atomic E-state index is 14.0. The van der Waals surface area contributed by atoms with E-state index < -0.39 is 169 Å². The average Bonchev–Trinajstić information content (AvgIpc) is 3.94. The molecule has 0 saturated heterocycles. The Balaban J connectivity index is 2.33. The summed E-state index contributed by atoms with van der Waals surface area (Å²) >= 11 is 1.24. The number of hydrogen-bond donors (Lipinski definition) is 18. The molecule has 0 aliphatic carbocycles. The van der Waals surface area contributed by atoms with Crippen LogP contribution in [-0.2, 0) is 75.2 Å². The fraction of sp³-hybridized carbons (Fsp3) is 0.551. The number of aromatic nitrogens is 2. The van der Waals surface area contributed by atoms with E-state index in [2.05, 4.69) is 57.8 Å². The second kappa shape index (κ2) is 34.7. The van der Waals surface area contributed by atoms with Crippen molar-refractivity contribution in [3.05, 3.63) is 48.0 Å². The lowest BCUT2D eigenvalue weighted by molar-refractivity contribution is -0.142. The van der Waals surface area contributed by atoms with Gasteiger partial charge in [-0.15, -0.1) is 0 Å². The first kappa shape index (κ1) is 69.7. The van der Waals surface area contributed by atoms with E-state index in [1.165, 1.54) is 55.5 Å². The maximum atomic E-state index is 14.0. The number of rotatable bonds is 37. The molecule has 2 aromatic rings. The van der Waals surface area contributed by atoms with Crippen molar-refractivity contribution in [2.24, 2.45) is 23.1 Å². The summed E-state index contributed by atoms with van der Waals surface area (Å²) in [6.45, 7) is 4.40. The molecule has 82 heavy (non-hydrogen) atoms. The molecule has 1 aromatic carbocycles. The Morgan fingerprint density at radius 3 is 1.63 bits per heavy atom. The third-order valence-corrected chi connectivity index (χ3v) is 12.5. The number of aromatic amines is 1. The van der Waals surface area contributed by atoms with Crippen molar-refractivity contribution in [1.29, 1.82) is 0 Å². The molecule has 0 unspecified atom stereocenters. The summed E-state index contributed by atoms with van der Waals surface area (Å²) in [4.78, 5) is 176. The van der Waals surface area contributed by atoms with Gasteiger partial charge in [0.25, 0.3) is 0 Å². The van der Waals surface area contributed by atoms with Gasteiger partial charge in [0.2, 0.25) is 65.0 Å². The van der Waals surface area contributed by atoms with Gasteiger partial charge in [-0.05, 0) is 68.7 Å². The number of H-pyrrole nitrogens is 1. The number of phenols is 1. The number of thioether (sulfide) groups is 1. The summed E-state index contributed by atoms with van der Waals surface area (Å²) in [5.41, 5.74) is 16.9. The van der Waals surface area contributed by atoms with Crippen LogP contribution in [0.4, 0.5) is 0 Å². The smallest absolute Gasteiger partial charge is 0.326 e. The van der Waals surface area contributed by atoms with Gasteiger partial charge in [-0.25, -0.2) is 9.78 Å². The number of nitrogens with zero attached hydrogens (tertiary/aromatic N) is 1. The van der Waals surface area contributed by atoms with E-state index in [1.54, 1.807) is 20.1 Å². The van der Waals surface area contributed by atoms with Gasteiger partial charge in [0, 0.05) is 31.2 Å². The average molecular weight is 1180 g/mol. The quantitative estimate of drug-likeness (QED) is 0.0299. The van der Waals surface area contributed by atoms with E-state index in [-0.39, 0.29) is 50.0 Å². The summed E-state index contributed by atoms with van der Waals surface area (Å²) in [6.07, 6.45) is -0.744. The molecule has 11 atom stereocenters. The number of phenolic OH excluding ortho intramolecular Hbond substituents is 1. The molecule has 0 bridgehead atoms. The molecule has 21 N–H and O–H groups in total. The van der Waals surface area contributed by atoms with Crippen molar-refractivity contribution < 1.29 is 87.9 Å². The number of hydrogen-bond acceptors (Lipinski definition) is 19. The van der Waals surface area contributed by atoms with Gasteiger partial charge in [-0.3, -0.25) is 57.5 Å². The Morgan fingerprint density at radius 2 is 1.11 bits per heavy atom. The highest BCUT2D eigenvalue weighted by Crippen LogP contribution is 2.14. The highest BCUT2D eigenvalue weighted by atomic mass is 32.2. The van der Waals surface area contributed by atoms with E-state index in [9.17, 15) is 87.9 Å². The van der Waals surface area contributed by atoms with Gasteiger partial charge in [0.1, 0.15) is 60.1 Å². The number of carbonyl (C=O) groups is 13. The number of nitrogens with two attached hydrogens (primary N) is 3. The Labute approximate surface area is 474 Å². The minimum Gasteiger partial charge on any atom is -0.508 e. The minimum absolute atomic E-state index is 0.0840. The maximum Gasteiger partial charge on any atom is 0.326 e. The first-order valence-corrected chi connectivity index (χ1v) is 26.9. The summed E-state index contributed by atoms with van der Waals surface area (Å²) in [5.74, 6) is -15.3. The van der Waals surface area contributed by atoms with Gasteiger partial charge in [-0.2, -0.15) is 11.8 Å². The van der Waals surface area contributed by atoms with Crippen molar-refractivity contribution in [2.75, 3.05) is 18.6 Å². The van der Waals surface area contributed by atoms with Gasteiger partial charge < -0.3 is 95.6 Å². The van der Waals surface area contributed by atoms with Crippen molar-refractivity contribution in [2.45, 2.75) is 146 Å². The number of aliphatic hydroxyl groups is 2. The highest BCUT2D eigenvalue weighted by Gasteiger charge is 2.37. The number of aliphatic hydroxyl groups excluding tert-OH is 2. The lowest BCUT2D eigenvalue weighted by Crippen LogP contribution is -2.62. The Hall–Kier alpha value is -8.43. The predicted octanol–water partition coefficient (Wildman–Crippen LogP) is -6.52. The number of carboxylic acids is 2. The van der Waals surface area contributed by atoms with Crippen LogP contribution in [0.25, 0.3) is 0 Å². The molecule has 0 fully saturated rings. The van der Waals surface area contributed by atoms with Gasteiger partial charge >= 0.3 is 11.9 Å². The monoisotopic (exact) mass is 1180 g/mol. The standard InChI is InChI=1S/C49H74N14O18S/c1-22(2)14-30(57-44(75)32(17-37(52)68)59-47(78)35(20-64)62-40(71)23(3)55-41(72)28(50)10-11-36(51)67)46(77)63-39(24(4)65)48(79)60-33(18-38(69)70)45(76)56-29(12-13-82-5)42(73)58-31(16-26-19-53-21-54-26)43(74)61-34(49(80)81)15-25-6-8-27(66)9-7-25/h6-9,19,21-24,28-35,39,64-66H,10-18,20,50H2,1-5H3,(H2,51,67)(H2,52,68)(H,53,54)(H,55,72)(H,56,76)(H,57,75)(H,58,73)(H,59,78)(H,60,79)(H,61,74)(H,62,71)(H,63,77)(H,69,70)(H,80,81)/t23-,24+,28-,29-,30-,31-,32-,33-,34-,35-,39-/m0/s1. The summed E-state index contributed by atoms with van der Waals surface area (Å²) in [6, 6.07) is -10.9. The molecule has 1 heterocycles. The van der Waals surface area contributed by atoms with Crippen LogP contribution in [0.15, 0.2) is 36.8 Å². The summed E-state index contributed by atoms with van der Waals surface area (Å²) in [7, 11) is 0. The van der Waals surface area contributed by atoms with Gasteiger partial charge in [-0.1, -0.05) is 26.0 Å². The Bertz CT molecular complexity index is 2560. The Morgan fingerprint density at radius 1 is 0.598 bits per heavy atom. The van der Waals surface area contributed by atoms with E-state index in [4.69, 9.17) is 17.2 Å². The first-order valence-electron chi connectivity index (χ1n) is 25.5. The van der Waals surface area contributed by atoms with Crippen molar-refractivity contribution >= 4 is 88.7 Å². The zero-order valence-corrected chi connectivity index (χ0v) is 46.4. The lowest BCUT2D eigenvalue weighted by Gasteiger charge is -2.29.